The zero-order valence-corrected chi connectivity index (χ0v) is 10.5. The van der Waals surface area contributed by atoms with Gasteiger partial charge in [0.2, 0.25) is 0 Å². The van der Waals surface area contributed by atoms with Gasteiger partial charge in [0.15, 0.2) is 0 Å². The summed E-state index contributed by atoms with van der Waals surface area (Å²) in [5, 5.41) is 0. The van der Waals surface area contributed by atoms with Gasteiger partial charge in [0.05, 0.1) is 0 Å². The number of methoxy groups -OCH3 is 1. The van der Waals surface area contributed by atoms with Crippen LogP contribution in [0.25, 0.3) is 0 Å². The summed E-state index contributed by atoms with van der Waals surface area (Å²) in [4.78, 5) is 16.2. The minimum Gasteiger partial charge on any atom is -0.370 e. The summed E-state index contributed by atoms with van der Waals surface area (Å²) >= 11 is 0. The molecule has 1 aliphatic rings. The smallest absolute Gasteiger partial charge is 0.253 e. The van der Waals surface area contributed by atoms with Gasteiger partial charge in [0.1, 0.15) is 6.10 Å². The van der Waals surface area contributed by atoms with E-state index < -0.39 is 6.10 Å². The lowest BCUT2D eigenvalue weighted by Gasteiger charge is -2.40. The second-order valence-corrected chi connectivity index (χ2v) is 4.22. The monoisotopic (exact) mass is 229 g/mol. The SMILES string of the molecule is CCN1CCN(C(=O)C(CN)OC)CC1C. The minimum absolute atomic E-state index is 0.0209. The van der Waals surface area contributed by atoms with Crippen LogP contribution in [0.2, 0.25) is 0 Å². The molecule has 0 spiro atoms. The molecule has 1 rings (SSSR count). The number of likely N-dealkylation sites (N-methyl/N-ethyl adjacent to an activating group) is 1. The second-order valence-electron chi connectivity index (χ2n) is 4.22. The van der Waals surface area contributed by atoms with E-state index in [1.807, 2.05) is 4.90 Å². The van der Waals surface area contributed by atoms with Gasteiger partial charge in [-0.3, -0.25) is 9.69 Å². The molecule has 0 aromatic rings. The third-order valence-electron chi connectivity index (χ3n) is 3.26. The third kappa shape index (κ3) is 2.93. The van der Waals surface area contributed by atoms with E-state index >= 15 is 0 Å². The molecule has 0 radical (unpaired) electrons. The Morgan fingerprint density at radius 1 is 1.56 bits per heavy atom. The molecular weight excluding hydrogens is 206 g/mol. The third-order valence-corrected chi connectivity index (χ3v) is 3.26. The van der Waals surface area contributed by atoms with Crippen LogP contribution in [-0.2, 0) is 9.53 Å². The molecule has 5 heteroatoms. The molecule has 5 nitrogen and oxygen atoms in total. The predicted molar refractivity (Wildman–Crippen MR) is 63.1 cm³/mol. The van der Waals surface area contributed by atoms with Gasteiger partial charge < -0.3 is 15.4 Å². The lowest BCUT2D eigenvalue weighted by atomic mass is 10.1. The molecule has 1 aliphatic heterocycles. The number of carbonyl (C=O) groups is 1. The second kappa shape index (κ2) is 6.18. The Labute approximate surface area is 97.5 Å². The average Bonchev–Trinajstić information content (AvgIpc) is 2.30. The van der Waals surface area contributed by atoms with Gasteiger partial charge in [-0.1, -0.05) is 6.92 Å². The number of piperazine rings is 1. The molecule has 94 valence electrons. The standard InChI is InChI=1S/C11H23N3O2/c1-4-13-5-6-14(8-9(13)2)11(15)10(7-12)16-3/h9-10H,4-8,12H2,1-3H3. The summed E-state index contributed by atoms with van der Waals surface area (Å²) in [6.45, 7) is 8.05. The lowest BCUT2D eigenvalue weighted by molar-refractivity contribution is -0.144. The molecule has 0 bridgehead atoms. The fraction of sp³-hybridized carbons (Fsp3) is 0.909. The molecule has 0 aromatic carbocycles. The van der Waals surface area contributed by atoms with Gasteiger partial charge >= 0.3 is 0 Å². The highest BCUT2D eigenvalue weighted by atomic mass is 16.5. The molecule has 1 saturated heterocycles. The first kappa shape index (κ1) is 13.4. The number of ether oxygens (including phenoxy) is 1. The Morgan fingerprint density at radius 2 is 2.25 bits per heavy atom. The number of carbonyl (C=O) groups excluding carboxylic acids is 1. The number of rotatable bonds is 4. The molecule has 2 unspecified atom stereocenters. The van der Waals surface area contributed by atoms with Crippen molar-refractivity contribution in [1.29, 1.82) is 0 Å². The fourth-order valence-corrected chi connectivity index (χ4v) is 2.17. The summed E-state index contributed by atoms with van der Waals surface area (Å²) in [6, 6.07) is 0.415. The number of nitrogens with two attached hydrogens (primary N) is 1. The van der Waals surface area contributed by atoms with Crippen LogP contribution in [0.5, 0.6) is 0 Å². The maximum absolute atomic E-state index is 12.0. The van der Waals surface area contributed by atoms with E-state index in [1.165, 1.54) is 7.11 Å². The van der Waals surface area contributed by atoms with Gasteiger partial charge in [0, 0.05) is 39.3 Å². The summed E-state index contributed by atoms with van der Waals surface area (Å²) < 4.78 is 5.07. The van der Waals surface area contributed by atoms with Crippen LogP contribution in [0.4, 0.5) is 0 Å². The number of nitrogens with zero attached hydrogens (tertiary/aromatic N) is 2. The number of amides is 1. The maximum atomic E-state index is 12.0. The average molecular weight is 229 g/mol. The summed E-state index contributed by atoms with van der Waals surface area (Å²) in [5.74, 6) is 0.0209. The topological polar surface area (TPSA) is 58.8 Å². The summed E-state index contributed by atoms with van der Waals surface area (Å²) in [5.41, 5.74) is 5.50. The molecule has 2 N–H and O–H groups in total. The van der Waals surface area contributed by atoms with E-state index in [1.54, 1.807) is 0 Å². The van der Waals surface area contributed by atoms with E-state index in [4.69, 9.17) is 10.5 Å². The molecule has 0 aromatic heterocycles. The molecule has 0 saturated carbocycles. The van der Waals surface area contributed by atoms with E-state index in [0.717, 1.165) is 26.2 Å². The van der Waals surface area contributed by atoms with Crippen LogP contribution < -0.4 is 5.73 Å². The molecule has 1 heterocycles. The quantitative estimate of drug-likeness (QED) is 0.707. The summed E-state index contributed by atoms with van der Waals surface area (Å²) in [6.07, 6.45) is -0.486. The van der Waals surface area contributed by atoms with Crippen molar-refractivity contribution in [3.63, 3.8) is 0 Å². The first-order valence-corrected chi connectivity index (χ1v) is 5.89. The van der Waals surface area contributed by atoms with Crippen molar-refractivity contribution in [3.8, 4) is 0 Å². The van der Waals surface area contributed by atoms with Gasteiger partial charge in [-0.05, 0) is 13.5 Å². The largest absolute Gasteiger partial charge is 0.370 e. The highest BCUT2D eigenvalue weighted by Crippen LogP contribution is 2.10. The van der Waals surface area contributed by atoms with Gasteiger partial charge in [-0.15, -0.1) is 0 Å². The van der Waals surface area contributed by atoms with Crippen molar-refractivity contribution >= 4 is 5.91 Å². The van der Waals surface area contributed by atoms with E-state index in [9.17, 15) is 4.79 Å². The first-order chi connectivity index (χ1) is 7.63. The Kier molecular flexibility index (Phi) is 5.18. The van der Waals surface area contributed by atoms with Crippen molar-refractivity contribution in [2.45, 2.75) is 26.0 Å². The Bertz CT molecular complexity index is 231. The molecular formula is C11H23N3O2. The number of hydrogen-bond donors (Lipinski definition) is 1. The molecule has 1 amide bonds. The highest BCUT2D eigenvalue weighted by Gasteiger charge is 2.29. The van der Waals surface area contributed by atoms with Crippen LogP contribution in [0.3, 0.4) is 0 Å². The lowest BCUT2D eigenvalue weighted by Crippen LogP contribution is -2.56. The molecule has 2 atom stereocenters. The Balaban J connectivity index is 2.53. The van der Waals surface area contributed by atoms with E-state index in [-0.39, 0.29) is 12.5 Å². The molecule has 1 fully saturated rings. The zero-order chi connectivity index (χ0) is 12.1. The van der Waals surface area contributed by atoms with Crippen molar-refractivity contribution in [2.75, 3.05) is 39.8 Å². The van der Waals surface area contributed by atoms with Crippen molar-refractivity contribution in [1.82, 2.24) is 9.80 Å². The Hall–Kier alpha value is -0.650. The van der Waals surface area contributed by atoms with Crippen LogP contribution in [0, 0.1) is 0 Å². The fourth-order valence-electron chi connectivity index (χ4n) is 2.17. The van der Waals surface area contributed by atoms with Crippen molar-refractivity contribution < 1.29 is 9.53 Å². The molecule has 16 heavy (non-hydrogen) atoms. The van der Waals surface area contributed by atoms with Crippen LogP contribution in [0.15, 0.2) is 0 Å². The molecule has 0 aliphatic carbocycles. The summed E-state index contributed by atoms with van der Waals surface area (Å²) in [7, 11) is 1.53. The van der Waals surface area contributed by atoms with Crippen LogP contribution in [-0.4, -0.2) is 67.7 Å². The maximum Gasteiger partial charge on any atom is 0.253 e. The van der Waals surface area contributed by atoms with E-state index in [0.29, 0.717) is 6.04 Å². The van der Waals surface area contributed by atoms with Crippen LogP contribution >= 0.6 is 0 Å². The normalized spacial score (nSPS) is 24.5. The number of hydrogen-bond acceptors (Lipinski definition) is 4. The Morgan fingerprint density at radius 3 is 2.69 bits per heavy atom. The minimum atomic E-state index is -0.486. The van der Waals surface area contributed by atoms with Gasteiger partial charge in [-0.25, -0.2) is 0 Å². The highest BCUT2D eigenvalue weighted by molar-refractivity contribution is 5.81. The van der Waals surface area contributed by atoms with Crippen LogP contribution in [0.1, 0.15) is 13.8 Å². The predicted octanol–water partition coefficient (Wildman–Crippen LogP) is -0.487. The zero-order valence-electron chi connectivity index (χ0n) is 10.5. The first-order valence-electron chi connectivity index (χ1n) is 5.89. The van der Waals surface area contributed by atoms with Crippen molar-refractivity contribution in [3.05, 3.63) is 0 Å². The van der Waals surface area contributed by atoms with Gasteiger partial charge in [0.25, 0.3) is 5.91 Å². The van der Waals surface area contributed by atoms with Crippen molar-refractivity contribution in [2.24, 2.45) is 5.73 Å². The van der Waals surface area contributed by atoms with Gasteiger partial charge in [-0.2, -0.15) is 0 Å². The van der Waals surface area contributed by atoms with E-state index in [2.05, 4.69) is 18.7 Å².